The molecular weight excluding hydrogens is 272 g/mol. The number of nitrogens with two attached hydrogens (primary N) is 1. The zero-order valence-electron chi connectivity index (χ0n) is 12.0. The van der Waals surface area contributed by atoms with E-state index in [9.17, 15) is 14.9 Å². The summed E-state index contributed by atoms with van der Waals surface area (Å²) < 4.78 is 0. The van der Waals surface area contributed by atoms with Gasteiger partial charge in [-0.1, -0.05) is 13.0 Å². The Kier molecular flexibility index (Phi) is 4.74. The Bertz CT molecular complexity index is 543. The van der Waals surface area contributed by atoms with Crippen LogP contribution in [0.4, 0.5) is 11.4 Å². The van der Waals surface area contributed by atoms with Crippen molar-refractivity contribution in [3.8, 4) is 0 Å². The van der Waals surface area contributed by atoms with E-state index >= 15 is 0 Å². The lowest BCUT2D eigenvalue weighted by Gasteiger charge is -2.23. The zero-order chi connectivity index (χ0) is 15.4. The number of para-hydroxylation sites is 1. The molecule has 3 N–H and O–H groups in total. The number of anilines is 1. The number of hydrogen-bond donors (Lipinski definition) is 2. The molecule has 1 saturated carbocycles. The van der Waals surface area contributed by atoms with Gasteiger partial charge in [-0.15, -0.1) is 0 Å². The summed E-state index contributed by atoms with van der Waals surface area (Å²) in [6.07, 6.45) is 3.13. The minimum Gasteiger partial charge on any atom is -0.338 e. The van der Waals surface area contributed by atoms with E-state index in [0.717, 1.165) is 19.3 Å². The topological polar surface area (TPSA) is 102 Å². The normalized spacial score (nSPS) is 13.8. The SMILES string of the molecule is CCCN(CC1CC1)C(=O)c1cccc([N+](=O)[O-])c1NN. The molecule has 0 heterocycles. The van der Waals surface area contributed by atoms with Crippen LogP contribution in [0.15, 0.2) is 18.2 Å². The largest absolute Gasteiger partial charge is 0.338 e. The molecule has 0 atom stereocenters. The molecule has 1 aliphatic rings. The van der Waals surface area contributed by atoms with Crippen LogP contribution in [0.1, 0.15) is 36.5 Å². The molecule has 2 rings (SSSR count). The molecule has 0 spiro atoms. The van der Waals surface area contributed by atoms with E-state index in [2.05, 4.69) is 5.43 Å². The molecule has 7 heteroatoms. The Balaban J connectivity index is 2.31. The van der Waals surface area contributed by atoms with E-state index in [4.69, 9.17) is 5.84 Å². The van der Waals surface area contributed by atoms with Gasteiger partial charge in [-0.25, -0.2) is 0 Å². The Morgan fingerprint density at radius 3 is 2.76 bits per heavy atom. The maximum Gasteiger partial charge on any atom is 0.294 e. The third kappa shape index (κ3) is 3.49. The van der Waals surface area contributed by atoms with Crippen molar-refractivity contribution >= 4 is 17.3 Å². The molecule has 1 amide bonds. The van der Waals surface area contributed by atoms with Gasteiger partial charge in [0.1, 0.15) is 5.69 Å². The fourth-order valence-corrected chi connectivity index (χ4v) is 2.35. The zero-order valence-corrected chi connectivity index (χ0v) is 12.0. The van der Waals surface area contributed by atoms with Gasteiger partial charge in [0.25, 0.3) is 11.6 Å². The number of hydrazine groups is 1. The summed E-state index contributed by atoms with van der Waals surface area (Å²) in [5.41, 5.74) is 2.44. The summed E-state index contributed by atoms with van der Waals surface area (Å²) in [5, 5.41) is 11.0. The van der Waals surface area contributed by atoms with Crippen molar-refractivity contribution in [2.45, 2.75) is 26.2 Å². The first-order valence-corrected chi connectivity index (χ1v) is 7.11. The second-order valence-electron chi connectivity index (χ2n) is 5.30. The van der Waals surface area contributed by atoms with Crippen LogP contribution in [0.25, 0.3) is 0 Å². The number of carbonyl (C=O) groups excluding carboxylic acids is 1. The highest BCUT2D eigenvalue weighted by molar-refractivity contribution is 6.01. The number of hydrogen-bond acceptors (Lipinski definition) is 5. The van der Waals surface area contributed by atoms with E-state index in [0.29, 0.717) is 19.0 Å². The maximum atomic E-state index is 12.7. The number of rotatable bonds is 7. The first-order chi connectivity index (χ1) is 10.1. The quantitative estimate of drug-likeness (QED) is 0.455. The fraction of sp³-hybridized carbons (Fsp3) is 0.500. The first kappa shape index (κ1) is 15.2. The van der Waals surface area contributed by atoms with Gasteiger partial charge < -0.3 is 10.3 Å². The molecule has 21 heavy (non-hydrogen) atoms. The second-order valence-corrected chi connectivity index (χ2v) is 5.30. The third-order valence-corrected chi connectivity index (χ3v) is 3.57. The Hall–Kier alpha value is -2.15. The summed E-state index contributed by atoms with van der Waals surface area (Å²) in [6, 6.07) is 4.41. The minimum absolute atomic E-state index is 0.0735. The van der Waals surface area contributed by atoms with Crippen LogP contribution in [0.5, 0.6) is 0 Å². The van der Waals surface area contributed by atoms with Crippen LogP contribution in [-0.2, 0) is 0 Å². The fourth-order valence-electron chi connectivity index (χ4n) is 2.35. The average molecular weight is 292 g/mol. The van der Waals surface area contributed by atoms with Crippen molar-refractivity contribution in [2.24, 2.45) is 11.8 Å². The highest BCUT2D eigenvalue weighted by Crippen LogP contribution is 2.32. The molecule has 0 saturated heterocycles. The molecule has 1 fully saturated rings. The van der Waals surface area contributed by atoms with Gasteiger partial charge in [0.2, 0.25) is 0 Å². The van der Waals surface area contributed by atoms with Gasteiger partial charge in [0.05, 0.1) is 10.5 Å². The van der Waals surface area contributed by atoms with Gasteiger partial charge in [0, 0.05) is 19.2 Å². The van der Waals surface area contributed by atoms with E-state index < -0.39 is 4.92 Å². The highest BCUT2D eigenvalue weighted by Gasteiger charge is 2.29. The van der Waals surface area contributed by atoms with Crippen LogP contribution >= 0.6 is 0 Å². The molecule has 0 aliphatic heterocycles. The standard InChI is InChI=1S/C14H20N4O3/c1-2-8-17(9-10-6-7-10)14(19)11-4-3-5-12(18(20)21)13(11)16-15/h3-5,10,16H,2,6-9,15H2,1H3. The molecule has 0 aromatic heterocycles. The van der Waals surface area contributed by atoms with Crippen molar-refractivity contribution in [1.29, 1.82) is 0 Å². The summed E-state index contributed by atoms with van der Waals surface area (Å²) in [7, 11) is 0. The van der Waals surface area contributed by atoms with Crippen molar-refractivity contribution in [2.75, 3.05) is 18.5 Å². The van der Waals surface area contributed by atoms with Crippen LogP contribution in [0.3, 0.4) is 0 Å². The molecule has 1 aromatic rings. The second kappa shape index (κ2) is 6.53. The van der Waals surface area contributed by atoms with Crippen LogP contribution < -0.4 is 11.3 Å². The number of nitrogens with one attached hydrogen (secondary N) is 1. The van der Waals surface area contributed by atoms with Gasteiger partial charge in [0.15, 0.2) is 0 Å². The minimum atomic E-state index is -0.545. The van der Waals surface area contributed by atoms with E-state index in [1.807, 2.05) is 6.92 Å². The Morgan fingerprint density at radius 1 is 1.52 bits per heavy atom. The van der Waals surface area contributed by atoms with E-state index in [1.54, 1.807) is 11.0 Å². The molecule has 0 radical (unpaired) electrons. The first-order valence-electron chi connectivity index (χ1n) is 7.11. The van der Waals surface area contributed by atoms with Gasteiger partial charge in [-0.05, 0) is 31.2 Å². The molecule has 0 unspecified atom stereocenters. The molecule has 0 bridgehead atoms. The number of nitrogen functional groups attached to an aromatic ring is 1. The lowest BCUT2D eigenvalue weighted by molar-refractivity contribution is -0.384. The summed E-state index contributed by atoms with van der Waals surface area (Å²) >= 11 is 0. The molecule has 114 valence electrons. The third-order valence-electron chi connectivity index (χ3n) is 3.57. The molecule has 1 aromatic carbocycles. The van der Waals surface area contributed by atoms with Crippen molar-refractivity contribution in [3.63, 3.8) is 0 Å². The Labute approximate surface area is 123 Å². The van der Waals surface area contributed by atoms with Gasteiger partial charge in [-0.3, -0.25) is 20.8 Å². The number of nitrogens with zero attached hydrogens (tertiary/aromatic N) is 2. The van der Waals surface area contributed by atoms with Crippen LogP contribution in [0.2, 0.25) is 0 Å². The molecule has 7 nitrogen and oxygen atoms in total. The number of nitro groups is 1. The van der Waals surface area contributed by atoms with Gasteiger partial charge in [-0.2, -0.15) is 0 Å². The summed E-state index contributed by atoms with van der Waals surface area (Å²) in [5.74, 6) is 5.75. The lowest BCUT2D eigenvalue weighted by atomic mass is 10.1. The molecular formula is C14H20N4O3. The van der Waals surface area contributed by atoms with Gasteiger partial charge >= 0.3 is 0 Å². The van der Waals surface area contributed by atoms with E-state index in [-0.39, 0.29) is 22.8 Å². The summed E-state index contributed by atoms with van der Waals surface area (Å²) in [6.45, 7) is 3.35. The van der Waals surface area contributed by atoms with Crippen LogP contribution in [0, 0.1) is 16.0 Å². The number of benzene rings is 1. The lowest BCUT2D eigenvalue weighted by Crippen LogP contribution is -2.34. The summed E-state index contributed by atoms with van der Waals surface area (Å²) in [4.78, 5) is 24.9. The number of carbonyl (C=O) groups is 1. The predicted molar refractivity (Wildman–Crippen MR) is 79.8 cm³/mol. The smallest absolute Gasteiger partial charge is 0.294 e. The van der Waals surface area contributed by atoms with E-state index in [1.165, 1.54) is 12.1 Å². The monoisotopic (exact) mass is 292 g/mol. The van der Waals surface area contributed by atoms with Crippen LogP contribution in [-0.4, -0.2) is 28.8 Å². The Morgan fingerprint density at radius 2 is 2.24 bits per heavy atom. The van der Waals surface area contributed by atoms with Crippen molar-refractivity contribution in [3.05, 3.63) is 33.9 Å². The highest BCUT2D eigenvalue weighted by atomic mass is 16.6. The number of nitro benzene ring substituents is 1. The van der Waals surface area contributed by atoms with Crippen molar-refractivity contribution < 1.29 is 9.72 Å². The maximum absolute atomic E-state index is 12.7. The average Bonchev–Trinajstić information content (AvgIpc) is 3.29. The number of amides is 1. The predicted octanol–water partition coefficient (Wildman–Crippen LogP) is 2.14. The van der Waals surface area contributed by atoms with Crippen molar-refractivity contribution in [1.82, 2.24) is 4.90 Å². The molecule has 1 aliphatic carbocycles.